The highest BCUT2D eigenvalue weighted by atomic mass is 32.2. The van der Waals surface area contributed by atoms with Crippen LogP contribution < -0.4 is 46.0 Å². The summed E-state index contributed by atoms with van der Waals surface area (Å²) in [5, 5.41) is 31.1. The number of hydrogen-bond acceptors (Lipinski definition) is 12. The zero-order valence-corrected chi connectivity index (χ0v) is 43.6. The molecule has 14 nitrogen and oxygen atoms in total. The summed E-state index contributed by atoms with van der Waals surface area (Å²) in [5.74, 6) is -0.700. The molecule has 2 heterocycles. The molecule has 2 aliphatic heterocycles. The molecule has 18 heteroatoms. The van der Waals surface area contributed by atoms with Crippen LogP contribution in [-0.4, -0.2) is 56.9 Å². The van der Waals surface area contributed by atoms with Crippen LogP contribution in [0.3, 0.4) is 0 Å². The van der Waals surface area contributed by atoms with E-state index < -0.39 is 39.2 Å². The smallest absolute Gasteiger partial charge is 0.506 e. The Balaban J connectivity index is 0.881. The fraction of sp³-hybridized carbons (Fsp3) is 0.194. The Labute approximate surface area is 456 Å². The van der Waals surface area contributed by atoms with E-state index in [1.54, 1.807) is 13.1 Å². The molecule has 2 atom stereocenters. The van der Waals surface area contributed by atoms with Gasteiger partial charge in [0.05, 0.1) is 35.4 Å². The zero-order chi connectivity index (χ0) is 55.3. The molecule has 6 N–H and O–H groups in total. The summed E-state index contributed by atoms with van der Waals surface area (Å²) in [5.41, 5.74) is 2.43. The molecule has 0 aromatic heterocycles. The fourth-order valence-electron chi connectivity index (χ4n) is 12.1. The lowest BCUT2D eigenvalue weighted by Gasteiger charge is -2.41. The van der Waals surface area contributed by atoms with Crippen LogP contribution in [0.5, 0.6) is 11.5 Å². The number of halogens is 3. The Morgan fingerprint density at radius 3 is 1.86 bits per heavy atom. The highest BCUT2D eigenvalue weighted by molar-refractivity contribution is 7.90. The quantitative estimate of drug-likeness (QED) is 0.0567. The third-order valence-electron chi connectivity index (χ3n) is 15.7. The van der Waals surface area contributed by atoms with Crippen LogP contribution in [0.1, 0.15) is 66.3 Å². The summed E-state index contributed by atoms with van der Waals surface area (Å²) in [6.07, 6.45) is 1.62. The van der Waals surface area contributed by atoms with Crippen LogP contribution in [0.2, 0.25) is 0 Å². The lowest BCUT2D eigenvalue weighted by molar-refractivity contribution is -0.121. The molecule has 8 aromatic rings. The Morgan fingerprint density at radius 2 is 1.19 bits per heavy atom. The second-order valence-electron chi connectivity index (χ2n) is 20.4. The van der Waals surface area contributed by atoms with Crippen molar-refractivity contribution in [3.63, 3.8) is 0 Å². The number of aliphatic hydroxyl groups is 1. The number of rotatable bonds is 14. The molecule has 0 fully saturated rings. The Bertz CT molecular complexity index is 4320. The number of ether oxygens (including phenoxy) is 2. The summed E-state index contributed by atoms with van der Waals surface area (Å²) < 4.78 is 74.8. The molecule has 8 aromatic carbocycles. The summed E-state index contributed by atoms with van der Waals surface area (Å²) >= 11 is 0. The monoisotopic (exact) mass is 1090 g/mol. The van der Waals surface area contributed by atoms with E-state index in [2.05, 4.69) is 39.5 Å². The van der Waals surface area contributed by atoms with Crippen LogP contribution in [0.4, 0.5) is 30.2 Å². The van der Waals surface area contributed by atoms with Gasteiger partial charge in [-0.1, -0.05) is 109 Å². The van der Waals surface area contributed by atoms with Crippen molar-refractivity contribution in [3.05, 3.63) is 190 Å². The average Bonchev–Trinajstić information content (AvgIpc) is 2.32. The van der Waals surface area contributed by atoms with Crippen molar-refractivity contribution in [2.24, 2.45) is 4.99 Å². The van der Waals surface area contributed by atoms with E-state index in [9.17, 15) is 36.3 Å². The topological polar surface area (TPSA) is 197 Å². The number of hydrogen-bond donors (Lipinski definition) is 6. The number of anilines is 3. The minimum Gasteiger partial charge on any atom is -0.506 e. The van der Waals surface area contributed by atoms with Crippen LogP contribution in [-0.2, 0) is 35.7 Å². The van der Waals surface area contributed by atoms with Crippen LogP contribution in [0.15, 0.2) is 156 Å². The molecule has 0 saturated carbocycles. The van der Waals surface area contributed by atoms with Gasteiger partial charge in [0.1, 0.15) is 17.3 Å². The van der Waals surface area contributed by atoms with Crippen molar-refractivity contribution in [1.29, 1.82) is 0 Å². The maximum atomic E-state index is 15.3. The first-order valence-corrected chi connectivity index (χ1v) is 27.7. The molecule has 3 aliphatic carbocycles. The maximum Gasteiger partial charge on any atom is 0.516 e. The number of aliphatic hydroxyl groups excluding tert-OH is 1. The second kappa shape index (κ2) is 18.8. The maximum absolute atomic E-state index is 15.3. The number of allylic oxidation sites excluding steroid dienone is 2. The Hall–Kier alpha value is -9.16. The lowest BCUT2D eigenvalue weighted by atomic mass is 9.79. The van der Waals surface area contributed by atoms with E-state index in [0.717, 1.165) is 82.1 Å². The summed E-state index contributed by atoms with van der Waals surface area (Å²) in [6, 6.07) is 47.1. The molecular formula is C62H49F3N6O8S. The predicted octanol–water partition coefficient (Wildman–Crippen LogP) is 10.2. The minimum atomic E-state index is -5.81. The number of nitrogens with zero attached hydrogens (tertiary/aromatic N) is 1. The third-order valence-corrected chi connectivity index (χ3v) is 16.8. The summed E-state index contributed by atoms with van der Waals surface area (Å²) in [6.45, 7) is 0.491. The number of nitrogens with one attached hydrogen (secondary N) is 5. The van der Waals surface area contributed by atoms with Gasteiger partial charge in [-0.25, -0.2) is 9.71 Å². The molecular weight excluding hydrogens is 1050 g/mol. The van der Waals surface area contributed by atoms with Crippen molar-refractivity contribution < 1.29 is 50.6 Å². The first kappa shape index (κ1) is 50.4. The van der Waals surface area contributed by atoms with Gasteiger partial charge in [0.15, 0.2) is 11.3 Å². The van der Waals surface area contributed by atoms with E-state index in [1.807, 2.05) is 121 Å². The van der Waals surface area contributed by atoms with E-state index in [0.29, 0.717) is 59.2 Å². The van der Waals surface area contributed by atoms with Crippen LogP contribution in [0, 0.1) is 0 Å². The van der Waals surface area contributed by atoms with Gasteiger partial charge in [-0.05, 0) is 95.1 Å². The van der Waals surface area contributed by atoms with Gasteiger partial charge in [-0.2, -0.15) is 21.6 Å². The molecule has 0 radical (unpaired) electrons. The van der Waals surface area contributed by atoms with E-state index in [-0.39, 0.29) is 48.0 Å². The molecule has 0 saturated heterocycles. The average molecular weight is 1100 g/mol. The second-order valence-corrected chi connectivity index (χ2v) is 22.1. The normalized spacial score (nSPS) is 18.5. The minimum absolute atomic E-state index is 0.0134. The van der Waals surface area contributed by atoms with Gasteiger partial charge < -0.3 is 35.8 Å². The van der Waals surface area contributed by atoms with Crippen molar-refractivity contribution >= 4 is 77.4 Å². The van der Waals surface area contributed by atoms with Crippen LogP contribution in [0.25, 0.3) is 54.9 Å². The van der Waals surface area contributed by atoms with Crippen molar-refractivity contribution in [3.8, 4) is 33.8 Å². The van der Waals surface area contributed by atoms with Gasteiger partial charge in [0.25, 0.3) is 0 Å². The van der Waals surface area contributed by atoms with Crippen molar-refractivity contribution in [2.45, 2.75) is 55.4 Å². The van der Waals surface area contributed by atoms with Crippen LogP contribution >= 0.6 is 0 Å². The molecule has 2 spiro atoms. The van der Waals surface area contributed by atoms with Crippen molar-refractivity contribution in [2.75, 3.05) is 36.2 Å². The number of amides is 2. The molecule has 5 aliphatic rings. The van der Waals surface area contributed by atoms with Gasteiger partial charge >= 0.3 is 15.5 Å². The SMILES string of the molecule is CNC(=O)CCCCOc1ccc2c(c1)C1(Nc3cccc4ccc(C5=C(O)C(=c6ccc7cccc8c7c6=NC6(N8)c7ccccc7-c7ccc(OCCCCC(=O)NS(=O)(=O)C(F)(F)F)cc76)C5=O)c(c34)N1)c1ccccc1-2. The number of carbonyl (C=O) groups excluding carboxylic acids is 3. The fourth-order valence-corrected chi connectivity index (χ4v) is 12.6. The largest absolute Gasteiger partial charge is 0.516 e. The van der Waals surface area contributed by atoms with E-state index in [4.69, 9.17) is 14.5 Å². The number of sulfonamides is 1. The highest BCUT2D eigenvalue weighted by Crippen LogP contribution is 2.57. The van der Waals surface area contributed by atoms with Crippen molar-refractivity contribution in [1.82, 2.24) is 10.0 Å². The van der Waals surface area contributed by atoms with Gasteiger partial charge in [0.2, 0.25) is 17.6 Å². The molecule has 0 bridgehead atoms. The van der Waals surface area contributed by atoms with E-state index in [1.165, 1.54) is 0 Å². The molecule has 402 valence electrons. The summed E-state index contributed by atoms with van der Waals surface area (Å²) in [4.78, 5) is 44.8. The zero-order valence-electron chi connectivity index (χ0n) is 42.8. The third kappa shape index (κ3) is 7.85. The predicted molar refractivity (Wildman–Crippen MR) is 299 cm³/mol. The lowest BCUT2D eigenvalue weighted by Crippen LogP contribution is -2.45. The molecule has 13 rings (SSSR count). The Kier molecular flexibility index (Phi) is 11.8. The van der Waals surface area contributed by atoms with Gasteiger partial charge in [-0.15, -0.1) is 0 Å². The Morgan fingerprint density at radius 1 is 0.613 bits per heavy atom. The van der Waals surface area contributed by atoms with Gasteiger partial charge in [0, 0.05) is 75.1 Å². The molecule has 80 heavy (non-hydrogen) atoms. The molecule has 2 amide bonds. The first-order chi connectivity index (χ1) is 38.6. The standard InChI is InChI=1S/C62H49F3N6O8S/c1-66-50(72)20-6-8-30-78-36-24-28-40-38-14-2-4-16-44(38)60(46(40)32-36)67-48-18-10-12-34-22-26-42(56(69-60)52(34)48)54-58(74)55(59(54)75)43-27-23-35-13-11-19-49-53(35)57(43)70-61(68-49)45-17-5-3-15-39(45)41-29-25-37(33-47(41)61)79-31-9-7-21-51(73)71-80(76,77)62(63,64)65/h2-5,10-19,22-29,32-33,67-69,74H,6-9,20-21,30-31H2,1H3,(H,66,72)(H,71,73). The number of fused-ring (bicyclic) bond motifs is 10. The molecule has 2 unspecified atom stereocenters. The number of carbonyl (C=O) groups is 3. The number of Topliss-reactive ketones (excluding diaryl/α,β-unsaturated/α-hetero) is 1. The number of alkyl halides is 3. The first-order valence-electron chi connectivity index (χ1n) is 26.2. The summed E-state index contributed by atoms with van der Waals surface area (Å²) in [7, 11) is -4.18. The van der Waals surface area contributed by atoms with Gasteiger partial charge in [-0.3, -0.25) is 14.4 Å². The highest BCUT2D eigenvalue weighted by Gasteiger charge is 2.50. The number of benzene rings is 8. The van der Waals surface area contributed by atoms with E-state index >= 15 is 4.79 Å². The number of unbranched alkanes of at least 4 members (excludes halogenated alkanes) is 2. The number of ketones is 1.